The molecule has 0 aliphatic rings. The number of benzene rings is 3. The molecule has 4 aromatic rings. The summed E-state index contributed by atoms with van der Waals surface area (Å²) in [5.41, 5.74) is 4.06. The lowest BCUT2D eigenvalue weighted by molar-refractivity contribution is 0.0959. The van der Waals surface area contributed by atoms with Gasteiger partial charge in [-0.05, 0) is 23.6 Å². The highest BCUT2D eigenvalue weighted by molar-refractivity contribution is 6.03. The summed E-state index contributed by atoms with van der Waals surface area (Å²) in [6, 6.07) is 27.9. The number of Topliss-reactive ketones (excluding diaryl/α,β-unsaturated/α-hetero) is 1. The number of aromatic amines is 1. The summed E-state index contributed by atoms with van der Waals surface area (Å²) in [4.78, 5) is 16.6. The summed E-state index contributed by atoms with van der Waals surface area (Å²) < 4.78 is 0. The molecule has 2 nitrogen and oxygen atoms in total. The molecule has 3 aromatic carbocycles. The second-order valence-electron chi connectivity index (χ2n) is 6.26. The Bertz CT molecular complexity index is 986. The average molecular weight is 325 g/mol. The van der Waals surface area contributed by atoms with Gasteiger partial charge in [0.1, 0.15) is 0 Å². The number of H-pyrrole nitrogens is 1. The monoisotopic (exact) mass is 325 g/mol. The molecule has 2 heteroatoms. The van der Waals surface area contributed by atoms with Crippen molar-refractivity contribution < 1.29 is 4.79 Å². The van der Waals surface area contributed by atoms with Crippen LogP contribution in [0.5, 0.6) is 0 Å². The van der Waals surface area contributed by atoms with Crippen molar-refractivity contribution in [3.8, 4) is 0 Å². The van der Waals surface area contributed by atoms with Crippen molar-refractivity contribution in [2.24, 2.45) is 0 Å². The van der Waals surface area contributed by atoms with Gasteiger partial charge in [-0.25, -0.2) is 0 Å². The zero-order chi connectivity index (χ0) is 17.1. The Morgan fingerprint density at radius 1 is 0.800 bits per heavy atom. The summed E-state index contributed by atoms with van der Waals surface area (Å²) in [7, 11) is 0. The molecule has 1 heterocycles. The van der Waals surface area contributed by atoms with Crippen molar-refractivity contribution in [1.29, 1.82) is 0 Å². The molecule has 0 radical (unpaired) electrons. The van der Waals surface area contributed by atoms with Crippen LogP contribution in [0.15, 0.2) is 91.1 Å². The molecule has 1 aromatic heterocycles. The highest BCUT2D eigenvalue weighted by Crippen LogP contribution is 2.31. The topological polar surface area (TPSA) is 32.9 Å². The highest BCUT2D eigenvalue weighted by atomic mass is 16.1. The smallest absolute Gasteiger partial charge is 0.170 e. The van der Waals surface area contributed by atoms with Crippen molar-refractivity contribution in [3.63, 3.8) is 0 Å². The lowest BCUT2D eigenvalue weighted by atomic mass is 9.85. The van der Waals surface area contributed by atoms with Crippen molar-refractivity contribution in [3.05, 3.63) is 108 Å². The van der Waals surface area contributed by atoms with Crippen LogP contribution in [-0.4, -0.2) is 10.8 Å². The van der Waals surface area contributed by atoms with Gasteiger partial charge in [0.2, 0.25) is 0 Å². The molecule has 1 atom stereocenters. The van der Waals surface area contributed by atoms with Gasteiger partial charge in [-0.15, -0.1) is 0 Å². The molecule has 0 spiro atoms. The van der Waals surface area contributed by atoms with Crippen LogP contribution >= 0.6 is 0 Å². The van der Waals surface area contributed by atoms with Gasteiger partial charge >= 0.3 is 0 Å². The molecule has 122 valence electrons. The predicted octanol–water partition coefficient (Wildman–Crippen LogP) is 5.38. The van der Waals surface area contributed by atoms with E-state index < -0.39 is 0 Å². The zero-order valence-corrected chi connectivity index (χ0v) is 13.9. The number of carbonyl (C=O) groups excluding carboxylic acids is 1. The molecule has 25 heavy (non-hydrogen) atoms. The Morgan fingerprint density at radius 2 is 1.44 bits per heavy atom. The van der Waals surface area contributed by atoms with Crippen molar-refractivity contribution >= 4 is 16.7 Å². The maximum Gasteiger partial charge on any atom is 0.170 e. The molecule has 0 saturated heterocycles. The minimum atomic E-state index is -0.207. The first-order valence-electron chi connectivity index (χ1n) is 8.52. The van der Waals surface area contributed by atoms with Crippen LogP contribution in [0.2, 0.25) is 0 Å². The number of hydrogen-bond acceptors (Lipinski definition) is 1. The Hall–Kier alpha value is -3.13. The standard InChI is InChI=1S/C23H19NO/c25-23(18-11-5-2-6-12-18)20(15-17-9-3-1-4-10-17)21-16-24-22-14-8-7-13-19(21)22/h1-14,16,20,24H,15H2. The third-order valence-electron chi connectivity index (χ3n) is 4.65. The second-order valence-corrected chi connectivity index (χ2v) is 6.26. The number of aromatic nitrogens is 1. The minimum Gasteiger partial charge on any atom is -0.361 e. The second kappa shape index (κ2) is 6.78. The number of nitrogens with one attached hydrogen (secondary N) is 1. The SMILES string of the molecule is O=C(c1ccccc1)C(Cc1ccccc1)c1c[nH]c2ccccc12. The molecule has 0 amide bonds. The first-order chi connectivity index (χ1) is 12.3. The van der Waals surface area contributed by atoms with E-state index in [-0.39, 0.29) is 11.7 Å². The van der Waals surface area contributed by atoms with Crippen LogP contribution in [0.3, 0.4) is 0 Å². The van der Waals surface area contributed by atoms with Gasteiger partial charge in [0, 0.05) is 22.7 Å². The van der Waals surface area contributed by atoms with Crippen LogP contribution < -0.4 is 0 Å². The lowest BCUT2D eigenvalue weighted by Crippen LogP contribution is -2.15. The number of para-hydroxylation sites is 1. The predicted molar refractivity (Wildman–Crippen MR) is 102 cm³/mol. The van der Waals surface area contributed by atoms with E-state index in [0.717, 1.165) is 22.0 Å². The van der Waals surface area contributed by atoms with Crippen LogP contribution in [0.1, 0.15) is 27.4 Å². The highest BCUT2D eigenvalue weighted by Gasteiger charge is 2.25. The fraction of sp³-hybridized carbons (Fsp3) is 0.0870. The van der Waals surface area contributed by atoms with E-state index in [1.54, 1.807) is 0 Å². The first kappa shape index (κ1) is 15.4. The number of fused-ring (bicyclic) bond motifs is 1. The molecule has 1 unspecified atom stereocenters. The van der Waals surface area contributed by atoms with E-state index in [1.807, 2.05) is 72.9 Å². The molecular formula is C23H19NO. The number of ketones is 1. The normalized spacial score (nSPS) is 12.2. The average Bonchev–Trinajstić information content (AvgIpc) is 3.11. The van der Waals surface area contributed by atoms with E-state index in [0.29, 0.717) is 6.42 Å². The zero-order valence-electron chi connectivity index (χ0n) is 13.9. The van der Waals surface area contributed by atoms with Gasteiger partial charge in [-0.2, -0.15) is 0 Å². The van der Waals surface area contributed by atoms with Crippen LogP contribution in [0.25, 0.3) is 10.9 Å². The van der Waals surface area contributed by atoms with Crippen LogP contribution in [0.4, 0.5) is 0 Å². The van der Waals surface area contributed by atoms with Gasteiger partial charge < -0.3 is 4.98 Å². The van der Waals surface area contributed by atoms with E-state index in [2.05, 4.69) is 23.2 Å². The van der Waals surface area contributed by atoms with Crippen molar-refractivity contribution in [1.82, 2.24) is 4.98 Å². The van der Waals surface area contributed by atoms with Gasteiger partial charge in [0.15, 0.2) is 5.78 Å². The fourth-order valence-electron chi connectivity index (χ4n) is 3.38. The number of rotatable bonds is 5. The maximum atomic E-state index is 13.3. The molecule has 1 N–H and O–H groups in total. The Kier molecular flexibility index (Phi) is 4.17. The summed E-state index contributed by atoms with van der Waals surface area (Å²) in [6.07, 6.45) is 2.68. The summed E-state index contributed by atoms with van der Waals surface area (Å²) in [6.45, 7) is 0. The molecule has 0 saturated carbocycles. The van der Waals surface area contributed by atoms with E-state index in [9.17, 15) is 4.79 Å². The Balaban J connectivity index is 1.79. The molecule has 4 rings (SSSR count). The van der Waals surface area contributed by atoms with Crippen LogP contribution in [0, 0.1) is 0 Å². The Labute approximate surface area is 147 Å². The van der Waals surface area contributed by atoms with E-state index in [4.69, 9.17) is 0 Å². The van der Waals surface area contributed by atoms with E-state index in [1.165, 1.54) is 5.56 Å². The maximum absolute atomic E-state index is 13.3. The van der Waals surface area contributed by atoms with Gasteiger partial charge in [0.25, 0.3) is 0 Å². The molecule has 0 fully saturated rings. The molecule has 0 bridgehead atoms. The summed E-state index contributed by atoms with van der Waals surface area (Å²) in [5.74, 6) is -0.0462. The van der Waals surface area contributed by atoms with Crippen molar-refractivity contribution in [2.45, 2.75) is 12.3 Å². The number of carbonyl (C=O) groups is 1. The molecule has 0 aliphatic heterocycles. The third kappa shape index (κ3) is 3.11. The largest absolute Gasteiger partial charge is 0.361 e. The first-order valence-corrected chi connectivity index (χ1v) is 8.52. The number of hydrogen-bond donors (Lipinski definition) is 1. The molecule has 0 aliphatic carbocycles. The fourth-order valence-corrected chi connectivity index (χ4v) is 3.38. The van der Waals surface area contributed by atoms with Crippen molar-refractivity contribution in [2.75, 3.05) is 0 Å². The van der Waals surface area contributed by atoms with Gasteiger partial charge in [-0.3, -0.25) is 4.79 Å². The minimum absolute atomic E-state index is 0.161. The summed E-state index contributed by atoms with van der Waals surface area (Å²) >= 11 is 0. The summed E-state index contributed by atoms with van der Waals surface area (Å²) in [5, 5.41) is 1.12. The van der Waals surface area contributed by atoms with E-state index >= 15 is 0 Å². The third-order valence-corrected chi connectivity index (χ3v) is 4.65. The quantitative estimate of drug-likeness (QED) is 0.491. The van der Waals surface area contributed by atoms with Gasteiger partial charge in [0.05, 0.1) is 5.92 Å². The molecular weight excluding hydrogens is 306 g/mol. The Morgan fingerprint density at radius 3 is 2.20 bits per heavy atom. The van der Waals surface area contributed by atoms with Gasteiger partial charge in [-0.1, -0.05) is 78.9 Å². The van der Waals surface area contributed by atoms with Crippen LogP contribution in [-0.2, 0) is 6.42 Å². The lowest BCUT2D eigenvalue weighted by Gasteiger charge is -2.16.